The van der Waals surface area contributed by atoms with E-state index >= 15 is 0 Å². The predicted molar refractivity (Wildman–Crippen MR) is 114 cm³/mol. The number of amides is 1. The molecule has 1 aliphatic heterocycles. The van der Waals surface area contributed by atoms with Gasteiger partial charge < -0.3 is 4.57 Å². The first kappa shape index (κ1) is 20.9. The minimum absolute atomic E-state index is 0.0299. The fraction of sp³-hybridized carbons (Fsp3) is 0.333. The topological polar surface area (TPSA) is 71.7 Å². The number of hydrogen-bond donors (Lipinski definition) is 0. The van der Waals surface area contributed by atoms with Gasteiger partial charge in [-0.2, -0.15) is 9.30 Å². The van der Waals surface area contributed by atoms with Gasteiger partial charge in [0, 0.05) is 19.6 Å². The molecule has 30 heavy (non-hydrogen) atoms. The van der Waals surface area contributed by atoms with Crippen LogP contribution in [0.1, 0.15) is 19.8 Å². The zero-order valence-corrected chi connectivity index (χ0v) is 18.1. The number of aromatic nitrogens is 1. The van der Waals surface area contributed by atoms with Crippen LogP contribution in [0.5, 0.6) is 0 Å². The lowest BCUT2D eigenvalue weighted by molar-refractivity contribution is -0.122. The highest BCUT2D eigenvalue weighted by molar-refractivity contribution is 7.89. The molecule has 1 aliphatic rings. The number of nitrogens with zero attached hydrogens (tertiary/aromatic N) is 3. The number of thiazole rings is 1. The molecule has 1 fully saturated rings. The molecule has 0 aliphatic carbocycles. The number of fused-ring (bicyclic) bond motifs is 1. The highest BCUT2D eigenvalue weighted by Gasteiger charge is 2.33. The van der Waals surface area contributed by atoms with Gasteiger partial charge in [-0.25, -0.2) is 12.8 Å². The number of sulfonamides is 1. The number of aryl methyl sites for hydroxylation is 1. The maximum atomic E-state index is 13.2. The van der Waals surface area contributed by atoms with Gasteiger partial charge in [0.1, 0.15) is 5.82 Å². The number of carbonyl (C=O) groups is 1. The fourth-order valence-corrected chi connectivity index (χ4v) is 6.34. The Labute approximate surface area is 178 Å². The Morgan fingerprint density at radius 1 is 1.20 bits per heavy atom. The summed E-state index contributed by atoms with van der Waals surface area (Å²) in [6.45, 7) is 3.10. The highest BCUT2D eigenvalue weighted by Crippen LogP contribution is 2.25. The van der Waals surface area contributed by atoms with Crippen LogP contribution in [-0.4, -0.2) is 36.3 Å². The summed E-state index contributed by atoms with van der Waals surface area (Å²) in [6.07, 6.45) is 1.17. The summed E-state index contributed by atoms with van der Waals surface area (Å²) in [4.78, 5) is 17.9. The summed E-state index contributed by atoms with van der Waals surface area (Å²) < 4.78 is 43.3. The number of para-hydroxylation sites is 1. The van der Waals surface area contributed by atoms with Crippen LogP contribution in [0.4, 0.5) is 4.39 Å². The maximum absolute atomic E-state index is 13.2. The van der Waals surface area contributed by atoms with Gasteiger partial charge in [0.05, 0.1) is 21.0 Å². The summed E-state index contributed by atoms with van der Waals surface area (Å²) in [5.41, 5.74) is 1.03. The molecule has 0 N–H and O–H groups in total. The Hall–Kier alpha value is -2.36. The van der Waals surface area contributed by atoms with E-state index in [4.69, 9.17) is 0 Å². The molecule has 3 aromatic rings. The van der Waals surface area contributed by atoms with E-state index in [1.54, 1.807) is 0 Å². The number of carbonyl (C=O) groups excluding carboxylic acids is 1. The minimum Gasteiger partial charge on any atom is -0.317 e. The third-order valence-electron chi connectivity index (χ3n) is 5.30. The van der Waals surface area contributed by atoms with E-state index in [0.717, 1.165) is 22.3 Å². The van der Waals surface area contributed by atoms with Crippen molar-refractivity contribution >= 4 is 37.5 Å². The van der Waals surface area contributed by atoms with E-state index in [1.807, 2.05) is 35.8 Å². The van der Waals surface area contributed by atoms with Crippen LogP contribution < -0.4 is 4.80 Å². The van der Waals surface area contributed by atoms with E-state index in [9.17, 15) is 17.6 Å². The Morgan fingerprint density at radius 3 is 2.67 bits per heavy atom. The van der Waals surface area contributed by atoms with Gasteiger partial charge in [-0.1, -0.05) is 23.5 Å². The van der Waals surface area contributed by atoms with Gasteiger partial charge in [0.15, 0.2) is 4.80 Å². The number of piperidine rings is 1. The molecule has 6 nitrogen and oxygen atoms in total. The zero-order valence-electron chi connectivity index (χ0n) is 16.5. The molecular weight excluding hydrogens is 425 g/mol. The van der Waals surface area contributed by atoms with E-state index < -0.39 is 21.8 Å². The predicted octanol–water partition coefficient (Wildman–Crippen LogP) is 3.39. The second-order valence-corrected chi connectivity index (χ2v) is 10.1. The summed E-state index contributed by atoms with van der Waals surface area (Å²) in [7, 11) is -3.78. The molecular formula is C21H22FN3O3S2. The second kappa shape index (κ2) is 8.41. The van der Waals surface area contributed by atoms with E-state index in [2.05, 4.69) is 4.99 Å². The standard InChI is InChI=1S/C21H22FN3O3S2/c1-2-25-18-7-3-4-8-19(18)29-21(25)23-20(26)15-6-5-13-24(14-15)30(27,28)17-11-9-16(22)10-12-17/h3-4,7-12,15H,2,5-6,13-14H2,1H3. The van der Waals surface area contributed by atoms with Crippen molar-refractivity contribution in [2.75, 3.05) is 13.1 Å². The normalized spacial score (nSPS) is 18.7. The van der Waals surface area contributed by atoms with Crippen LogP contribution >= 0.6 is 11.3 Å². The van der Waals surface area contributed by atoms with Crippen molar-refractivity contribution in [3.8, 4) is 0 Å². The number of hydrogen-bond acceptors (Lipinski definition) is 4. The molecule has 1 saturated heterocycles. The molecule has 0 spiro atoms. The molecule has 1 aromatic heterocycles. The highest BCUT2D eigenvalue weighted by atomic mass is 32.2. The Balaban J connectivity index is 1.60. The minimum atomic E-state index is -3.78. The molecule has 1 amide bonds. The molecule has 2 aromatic carbocycles. The molecule has 1 atom stereocenters. The molecule has 0 saturated carbocycles. The van der Waals surface area contributed by atoms with Gasteiger partial charge >= 0.3 is 0 Å². The molecule has 2 heterocycles. The molecule has 1 unspecified atom stereocenters. The van der Waals surface area contributed by atoms with Crippen LogP contribution in [0, 0.1) is 11.7 Å². The number of halogens is 1. The van der Waals surface area contributed by atoms with Crippen molar-refractivity contribution in [2.45, 2.75) is 31.2 Å². The van der Waals surface area contributed by atoms with Crippen LogP contribution in [0.25, 0.3) is 10.2 Å². The Morgan fingerprint density at radius 2 is 1.93 bits per heavy atom. The van der Waals surface area contributed by atoms with Crippen molar-refractivity contribution in [1.29, 1.82) is 0 Å². The maximum Gasteiger partial charge on any atom is 0.252 e. The average molecular weight is 448 g/mol. The van der Waals surface area contributed by atoms with Crippen LogP contribution in [0.2, 0.25) is 0 Å². The van der Waals surface area contributed by atoms with Crippen molar-refractivity contribution < 1.29 is 17.6 Å². The van der Waals surface area contributed by atoms with Gasteiger partial charge in [0.2, 0.25) is 10.0 Å². The van der Waals surface area contributed by atoms with Gasteiger partial charge in [-0.05, 0) is 56.2 Å². The molecule has 158 valence electrons. The fourth-order valence-electron chi connectivity index (χ4n) is 3.72. The third-order valence-corrected chi connectivity index (χ3v) is 8.23. The largest absolute Gasteiger partial charge is 0.317 e. The van der Waals surface area contributed by atoms with Crippen molar-refractivity contribution in [1.82, 2.24) is 8.87 Å². The molecule has 0 radical (unpaired) electrons. The van der Waals surface area contributed by atoms with Crippen LogP contribution in [0.3, 0.4) is 0 Å². The van der Waals surface area contributed by atoms with Crippen LogP contribution in [0.15, 0.2) is 58.4 Å². The number of rotatable bonds is 4. The summed E-state index contributed by atoms with van der Waals surface area (Å²) in [5.74, 6) is -1.29. The Bertz CT molecular complexity index is 1250. The smallest absolute Gasteiger partial charge is 0.252 e. The lowest BCUT2D eigenvalue weighted by Gasteiger charge is -2.30. The summed E-state index contributed by atoms with van der Waals surface area (Å²) >= 11 is 1.45. The zero-order chi connectivity index (χ0) is 21.3. The average Bonchev–Trinajstić information content (AvgIpc) is 3.11. The first-order valence-electron chi connectivity index (χ1n) is 9.83. The second-order valence-electron chi connectivity index (χ2n) is 7.20. The van der Waals surface area contributed by atoms with Crippen molar-refractivity contribution in [2.24, 2.45) is 10.9 Å². The molecule has 9 heteroatoms. The van der Waals surface area contributed by atoms with Gasteiger partial charge in [-0.15, -0.1) is 0 Å². The lowest BCUT2D eigenvalue weighted by atomic mass is 9.99. The Kier molecular flexibility index (Phi) is 5.86. The summed E-state index contributed by atoms with van der Waals surface area (Å²) in [5, 5.41) is 0. The van der Waals surface area contributed by atoms with Crippen molar-refractivity contribution in [3.05, 3.63) is 59.1 Å². The van der Waals surface area contributed by atoms with Crippen LogP contribution in [-0.2, 0) is 21.4 Å². The van der Waals surface area contributed by atoms with E-state index in [0.29, 0.717) is 30.7 Å². The number of benzene rings is 2. The third kappa shape index (κ3) is 3.97. The van der Waals surface area contributed by atoms with E-state index in [-0.39, 0.29) is 17.3 Å². The van der Waals surface area contributed by atoms with E-state index in [1.165, 1.54) is 27.8 Å². The quantitative estimate of drug-likeness (QED) is 0.616. The van der Waals surface area contributed by atoms with Gasteiger partial charge in [-0.3, -0.25) is 4.79 Å². The molecule has 0 bridgehead atoms. The van der Waals surface area contributed by atoms with Crippen molar-refractivity contribution in [3.63, 3.8) is 0 Å². The first-order chi connectivity index (χ1) is 14.4. The first-order valence-corrected chi connectivity index (χ1v) is 12.1. The lowest BCUT2D eigenvalue weighted by Crippen LogP contribution is -2.42. The molecule has 4 rings (SSSR count). The van der Waals surface area contributed by atoms with Gasteiger partial charge in [0.25, 0.3) is 5.91 Å². The SMILES string of the molecule is CCn1c(=NC(=O)C2CCCN(S(=O)(=O)c3ccc(F)cc3)C2)sc2ccccc21. The monoisotopic (exact) mass is 447 g/mol. The summed E-state index contributed by atoms with van der Waals surface area (Å²) in [6, 6.07) is 12.6.